The summed E-state index contributed by atoms with van der Waals surface area (Å²) in [6.45, 7) is 3.66. The molecule has 1 atom stereocenters. The Morgan fingerprint density at radius 1 is 1.39 bits per heavy atom. The van der Waals surface area contributed by atoms with Crippen molar-refractivity contribution >= 4 is 0 Å². The molecule has 1 aliphatic rings. The van der Waals surface area contributed by atoms with E-state index in [0.29, 0.717) is 5.56 Å². The minimum absolute atomic E-state index is 0.0989. The van der Waals surface area contributed by atoms with Gasteiger partial charge < -0.3 is 10.2 Å². The van der Waals surface area contributed by atoms with Crippen molar-refractivity contribution in [1.82, 2.24) is 10.2 Å². The Hall–Kier alpha value is -1.00. The van der Waals surface area contributed by atoms with Gasteiger partial charge in [-0.15, -0.1) is 0 Å². The van der Waals surface area contributed by atoms with Crippen molar-refractivity contribution in [3.8, 4) is 0 Å². The van der Waals surface area contributed by atoms with Gasteiger partial charge in [-0.2, -0.15) is 0 Å². The predicted octanol–water partition coefficient (Wildman–Crippen LogP) is 2.71. The van der Waals surface area contributed by atoms with Crippen molar-refractivity contribution in [3.05, 3.63) is 35.4 Å². The molecule has 2 nitrogen and oxygen atoms in total. The van der Waals surface area contributed by atoms with E-state index in [1.165, 1.54) is 25.0 Å². The van der Waals surface area contributed by atoms with Crippen molar-refractivity contribution in [2.75, 3.05) is 20.1 Å². The molecule has 1 aromatic rings. The molecule has 4 heteroatoms. The van der Waals surface area contributed by atoms with Crippen LogP contribution >= 0.6 is 0 Å². The van der Waals surface area contributed by atoms with E-state index in [2.05, 4.69) is 17.3 Å². The number of halogens is 2. The van der Waals surface area contributed by atoms with Crippen molar-refractivity contribution in [1.29, 1.82) is 0 Å². The molecule has 0 aliphatic heterocycles. The smallest absolute Gasteiger partial charge is 0.130 e. The van der Waals surface area contributed by atoms with Gasteiger partial charge >= 0.3 is 0 Å². The summed E-state index contributed by atoms with van der Waals surface area (Å²) in [5.74, 6) is -1.01. The van der Waals surface area contributed by atoms with E-state index in [-0.39, 0.29) is 6.04 Å². The molecule has 0 aromatic heterocycles. The molecule has 0 heterocycles. The number of likely N-dealkylation sites (N-methyl/N-ethyl adjacent to an activating group) is 1. The Morgan fingerprint density at radius 2 is 2.11 bits per heavy atom. The largest absolute Gasteiger partial charge is 0.309 e. The van der Waals surface area contributed by atoms with Gasteiger partial charge in [0, 0.05) is 36.8 Å². The number of rotatable bonds is 6. The first-order valence-corrected chi connectivity index (χ1v) is 6.46. The molecule has 100 valence electrons. The van der Waals surface area contributed by atoms with Crippen LogP contribution in [0.4, 0.5) is 8.78 Å². The lowest BCUT2D eigenvalue weighted by Crippen LogP contribution is -2.32. The molecule has 1 unspecified atom stereocenters. The average Bonchev–Trinajstić information content (AvgIpc) is 3.12. The molecule has 0 saturated heterocycles. The topological polar surface area (TPSA) is 15.3 Å². The highest BCUT2D eigenvalue weighted by Crippen LogP contribution is 2.24. The fraction of sp³-hybridized carbons (Fsp3) is 0.571. The number of nitrogens with zero attached hydrogens (tertiary/aromatic N) is 1. The molecule has 2 rings (SSSR count). The maximum absolute atomic E-state index is 13.5. The second kappa shape index (κ2) is 5.76. The van der Waals surface area contributed by atoms with E-state index in [1.807, 2.05) is 6.92 Å². The van der Waals surface area contributed by atoms with E-state index in [4.69, 9.17) is 0 Å². The summed E-state index contributed by atoms with van der Waals surface area (Å²) in [6, 6.07) is 4.38. The fourth-order valence-corrected chi connectivity index (χ4v) is 2.12. The Labute approximate surface area is 107 Å². The zero-order chi connectivity index (χ0) is 13.1. The van der Waals surface area contributed by atoms with Crippen molar-refractivity contribution in [3.63, 3.8) is 0 Å². The van der Waals surface area contributed by atoms with Gasteiger partial charge in [0.15, 0.2) is 0 Å². The maximum Gasteiger partial charge on any atom is 0.130 e. The highest BCUT2D eigenvalue weighted by molar-refractivity contribution is 5.21. The van der Waals surface area contributed by atoms with Gasteiger partial charge in [0.05, 0.1) is 0 Å². The number of benzene rings is 1. The lowest BCUT2D eigenvalue weighted by Gasteiger charge is -2.19. The second-order valence-corrected chi connectivity index (χ2v) is 5.05. The summed E-state index contributed by atoms with van der Waals surface area (Å²) >= 11 is 0. The maximum atomic E-state index is 13.5. The zero-order valence-corrected chi connectivity index (χ0v) is 10.9. The van der Waals surface area contributed by atoms with Crippen molar-refractivity contribution < 1.29 is 8.78 Å². The average molecular weight is 254 g/mol. The van der Waals surface area contributed by atoms with Crippen molar-refractivity contribution in [2.45, 2.75) is 31.8 Å². The SMILES string of the molecule is CC(NCCN(C)C1CC1)c1ccc(F)cc1F. The molecule has 1 aromatic carbocycles. The number of hydrogen-bond donors (Lipinski definition) is 1. The van der Waals surface area contributed by atoms with E-state index in [1.54, 1.807) is 0 Å². The number of hydrogen-bond acceptors (Lipinski definition) is 2. The van der Waals surface area contributed by atoms with E-state index in [0.717, 1.165) is 25.2 Å². The molecular weight excluding hydrogens is 234 g/mol. The first-order valence-electron chi connectivity index (χ1n) is 6.46. The Balaban J connectivity index is 1.81. The Kier molecular flexibility index (Phi) is 4.30. The van der Waals surface area contributed by atoms with E-state index in [9.17, 15) is 8.78 Å². The van der Waals surface area contributed by atoms with E-state index < -0.39 is 11.6 Å². The van der Waals surface area contributed by atoms with Gasteiger partial charge in [0.2, 0.25) is 0 Å². The Morgan fingerprint density at radius 3 is 2.72 bits per heavy atom. The van der Waals surface area contributed by atoms with Gasteiger partial charge in [0.1, 0.15) is 11.6 Å². The number of nitrogens with one attached hydrogen (secondary N) is 1. The molecule has 1 N–H and O–H groups in total. The fourth-order valence-electron chi connectivity index (χ4n) is 2.12. The lowest BCUT2D eigenvalue weighted by molar-refractivity contribution is 0.316. The van der Waals surface area contributed by atoms with Crippen LogP contribution in [0.2, 0.25) is 0 Å². The van der Waals surface area contributed by atoms with Gasteiger partial charge in [-0.1, -0.05) is 6.07 Å². The third-order valence-corrected chi connectivity index (χ3v) is 3.51. The molecule has 0 amide bonds. The van der Waals surface area contributed by atoms with Crippen molar-refractivity contribution in [2.24, 2.45) is 0 Å². The summed E-state index contributed by atoms with van der Waals surface area (Å²) in [5.41, 5.74) is 0.519. The molecule has 18 heavy (non-hydrogen) atoms. The molecule has 0 spiro atoms. The molecule has 0 radical (unpaired) electrons. The first-order chi connectivity index (χ1) is 8.58. The summed E-state index contributed by atoms with van der Waals surface area (Å²) in [5, 5.41) is 3.27. The predicted molar refractivity (Wildman–Crippen MR) is 68.4 cm³/mol. The van der Waals surface area contributed by atoms with Crippen LogP contribution in [0.1, 0.15) is 31.4 Å². The minimum Gasteiger partial charge on any atom is -0.309 e. The molecule has 0 bridgehead atoms. The van der Waals surface area contributed by atoms with Crippen LogP contribution in [0.5, 0.6) is 0 Å². The molecular formula is C14H20F2N2. The summed E-state index contributed by atoms with van der Waals surface area (Å²) in [4.78, 5) is 2.32. The van der Waals surface area contributed by atoms with Gasteiger partial charge in [-0.05, 0) is 32.9 Å². The van der Waals surface area contributed by atoms with E-state index >= 15 is 0 Å². The van der Waals surface area contributed by atoms with Crippen LogP contribution in [0.3, 0.4) is 0 Å². The third-order valence-electron chi connectivity index (χ3n) is 3.51. The van der Waals surface area contributed by atoms with Crippen LogP contribution in [0.25, 0.3) is 0 Å². The van der Waals surface area contributed by atoms with Crippen LogP contribution in [-0.4, -0.2) is 31.1 Å². The minimum atomic E-state index is -0.531. The summed E-state index contributed by atoms with van der Waals surface area (Å²) in [6.07, 6.45) is 2.58. The highest BCUT2D eigenvalue weighted by Gasteiger charge is 2.25. The van der Waals surface area contributed by atoms with Crippen LogP contribution in [0, 0.1) is 11.6 Å². The molecule has 1 saturated carbocycles. The summed E-state index contributed by atoms with van der Waals surface area (Å²) in [7, 11) is 2.11. The standard InChI is InChI=1S/C14H20F2N2/c1-10(13-6-3-11(15)9-14(13)16)17-7-8-18(2)12-4-5-12/h3,6,9-10,12,17H,4-5,7-8H2,1-2H3. The normalized spacial score (nSPS) is 17.2. The monoisotopic (exact) mass is 254 g/mol. The third kappa shape index (κ3) is 3.50. The van der Waals surface area contributed by atoms with Crippen LogP contribution in [-0.2, 0) is 0 Å². The first kappa shape index (κ1) is 13.4. The molecule has 1 fully saturated rings. The lowest BCUT2D eigenvalue weighted by atomic mass is 10.1. The van der Waals surface area contributed by atoms with Gasteiger partial charge in [0.25, 0.3) is 0 Å². The quantitative estimate of drug-likeness (QED) is 0.839. The second-order valence-electron chi connectivity index (χ2n) is 5.05. The highest BCUT2D eigenvalue weighted by atomic mass is 19.1. The van der Waals surface area contributed by atoms with Gasteiger partial charge in [-0.25, -0.2) is 8.78 Å². The van der Waals surface area contributed by atoms with Crippen LogP contribution in [0.15, 0.2) is 18.2 Å². The van der Waals surface area contributed by atoms with Crippen LogP contribution < -0.4 is 5.32 Å². The Bertz CT molecular complexity index is 405. The summed E-state index contributed by atoms with van der Waals surface area (Å²) < 4.78 is 26.3. The molecule has 1 aliphatic carbocycles. The van der Waals surface area contributed by atoms with Gasteiger partial charge in [-0.3, -0.25) is 0 Å². The zero-order valence-electron chi connectivity index (χ0n) is 10.9.